The van der Waals surface area contributed by atoms with E-state index in [4.69, 9.17) is 25.8 Å². The molecule has 1 atom stereocenters. The zero-order valence-electron chi connectivity index (χ0n) is 18.9. The highest BCUT2D eigenvalue weighted by molar-refractivity contribution is 9.10. The quantitative estimate of drug-likeness (QED) is 0.512. The number of nitrogens with one attached hydrogen (secondary N) is 1. The molecule has 0 radical (unpaired) electrons. The number of carbonyl (C=O) groups is 1. The summed E-state index contributed by atoms with van der Waals surface area (Å²) in [6.07, 6.45) is 0.640. The van der Waals surface area contributed by atoms with Crippen LogP contribution in [0, 0.1) is 6.92 Å². The Morgan fingerprint density at radius 2 is 2.03 bits per heavy atom. The number of nitrogens with zero attached hydrogens (tertiary/aromatic N) is 3. The molecule has 1 unspecified atom stereocenters. The molecule has 1 amide bonds. The van der Waals surface area contributed by atoms with E-state index in [1.807, 2.05) is 13.0 Å². The minimum atomic E-state index is -0.631. The lowest BCUT2D eigenvalue weighted by Crippen LogP contribution is -2.37. The van der Waals surface area contributed by atoms with Gasteiger partial charge in [0.15, 0.2) is 5.75 Å². The molecule has 8 nitrogen and oxygen atoms in total. The summed E-state index contributed by atoms with van der Waals surface area (Å²) in [5.74, 6) is 0.430. The van der Waals surface area contributed by atoms with Crippen molar-refractivity contribution in [3.05, 3.63) is 39.3 Å². The van der Waals surface area contributed by atoms with Gasteiger partial charge in [0, 0.05) is 25.0 Å². The van der Waals surface area contributed by atoms with E-state index in [0.717, 1.165) is 24.3 Å². The average molecular weight is 528 g/mol. The van der Waals surface area contributed by atoms with E-state index in [1.54, 1.807) is 40.0 Å². The van der Waals surface area contributed by atoms with Gasteiger partial charge in [-0.25, -0.2) is 14.8 Å². The molecule has 1 saturated heterocycles. The molecular weight excluding hydrogens is 500 g/mol. The fraction of sp³-hybridized carbons (Fsp3) is 0.500. The van der Waals surface area contributed by atoms with Gasteiger partial charge in [-0.3, -0.25) is 5.32 Å². The maximum Gasteiger partial charge on any atom is 0.412 e. The van der Waals surface area contributed by atoms with Crippen LogP contribution in [0.15, 0.2) is 22.9 Å². The minimum Gasteiger partial charge on any atom is -0.482 e. The highest BCUT2D eigenvalue weighted by Gasteiger charge is 2.25. The van der Waals surface area contributed by atoms with E-state index < -0.39 is 17.8 Å². The molecule has 3 rings (SSSR count). The number of hydrogen-bond donors (Lipinski definition) is 1. The van der Waals surface area contributed by atoms with E-state index in [-0.39, 0.29) is 0 Å². The summed E-state index contributed by atoms with van der Waals surface area (Å²) in [7, 11) is 0. The van der Waals surface area contributed by atoms with Gasteiger partial charge in [-0.05, 0) is 62.7 Å². The van der Waals surface area contributed by atoms with Gasteiger partial charge in [0.1, 0.15) is 21.5 Å². The van der Waals surface area contributed by atoms with Crippen molar-refractivity contribution < 1.29 is 19.0 Å². The summed E-state index contributed by atoms with van der Waals surface area (Å²) in [5.41, 5.74) is 2.13. The molecule has 2 aromatic rings. The fourth-order valence-corrected chi connectivity index (χ4v) is 4.21. The molecule has 3 heterocycles. The van der Waals surface area contributed by atoms with Crippen LogP contribution in [0.5, 0.6) is 5.75 Å². The number of amides is 1. The summed E-state index contributed by atoms with van der Waals surface area (Å²) in [4.78, 5) is 23.3. The summed E-state index contributed by atoms with van der Waals surface area (Å²) >= 11 is 9.89. The molecule has 0 spiro atoms. The Balaban J connectivity index is 1.91. The molecule has 10 heteroatoms. The molecule has 1 aliphatic heterocycles. The summed E-state index contributed by atoms with van der Waals surface area (Å²) in [6.45, 7) is 11.9. The van der Waals surface area contributed by atoms with Crippen LogP contribution in [0.25, 0.3) is 0 Å². The van der Waals surface area contributed by atoms with Crippen LogP contribution in [-0.4, -0.2) is 48.0 Å². The first-order valence-corrected chi connectivity index (χ1v) is 11.5. The van der Waals surface area contributed by atoms with E-state index in [0.29, 0.717) is 40.1 Å². The van der Waals surface area contributed by atoms with Crippen molar-refractivity contribution in [1.29, 1.82) is 0 Å². The number of pyridine rings is 2. The number of ether oxygens (including phenoxy) is 3. The lowest BCUT2D eigenvalue weighted by atomic mass is 10.1. The topological polar surface area (TPSA) is 85.8 Å². The van der Waals surface area contributed by atoms with Crippen LogP contribution in [0.4, 0.5) is 16.2 Å². The SMILES string of the molecule is Cc1nc(Br)cc(NC(=O)OC(C)(C)C)c1OC(C)c1c(N2CCOCC2)ccnc1Cl. The smallest absolute Gasteiger partial charge is 0.412 e. The maximum atomic E-state index is 12.4. The second-order valence-electron chi connectivity index (χ2n) is 8.43. The predicted molar refractivity (Wildman–Crippen MR) is 128 cm³/mol. The second kappa shape index (κ2) is 10.2. The molecule has 174 valence electrons. The molecule has 1 N–H and O–H groups in total. The van der Waals surface area contributed by atoms with Gasteiger partial charge in [-0.2, -0.15) is 0 Å². The lowest BCUT2D eigenvalue weighted by molar-refractivity contribution is 0.0635. The first kappa shape index (κ1) is 24.5. The number of halogens is 2. The largest absolute Gasteiger partial charge is 0.482 e. The Kier molecular flexibility index (Phi) is 7.84. The van der Waals surface area contributed by atoms with Gasteiger partial charge in [0.2, 0.25) is 0 Å². The Bertz CT molecular complexity index is 977. The minimum absolute atomic E-state index is 0.367. The Hall–Kier alpha value is -2.10. The summed E-state index contributed by atoms with van der Waals surface area (Å²) < 4.78 is 17.8. The highest BCUT2D eigenvalue weighted by Crippen LogP contribution is 2.38. The third kappa shape index (κ3) is 6.24. The van der Waals surface area contributed by atoms with E-state index in [1.165, 1.54) is 0 Å². The van der Waals surface area contributed by atoms with Crippen molar-refractivity contribution in [2.45, 2.75) is 46.3 Å². The van der Waals surface area contributed by atoms with Gasteiger partial charge in [0.25, 0.3) is 0 Å². The number of morpholine rings is 1. The molecule has 1 aliphatic rings. The van der Waals surface area contributed by atoms with Crippen LogP contribution in [0.2, 0.25) is 5.15 Å². The first-order valence-electron chi connectivity index (χ1n) is 10.4. The fourth-order valence-electron chi connectivity index (χ4n) is 3.41. The molecule has 0 aromatic carbocycles. The Labute approximate surface area is 201 Å². The molecular formula is C22H28BrClN4O4. The molecule has 1 fully saturated rings. The molecule has 0 saturated carbocycles. The van der Waals surface area contributed by atoms with Crippen LogP contribution < -0.4 is 15.0 Å². The van der Waals surface area contributed by atoms with Crippen molar-refractivity contribution in [3.63, 3.8) is 0 Å². The Morgan fingerprint density at radius 3 is 2.69 bits per heavy atom. The summed E-state index contributed by atoms with van der Waals surface area (Å²) in [6, 6.07) is 3.60. The van der Waals surface area contributed by atoms with Gasteiger partial charge in [-0.1, -0.05) is 11.6 Å². The van der Waals surface area contributed by atoms with E-state index >= 15 is 0 Å². The van der Waals surface area contributed by atoms with Gasteiger partial charge in [-0.15, -0.1) is 0 Å². The molecule has 0 bridgehead atoms. The normalized spacial score (nSPS) is 15.3. The first-order chi connectivity index (χ1) is 15.0. The van der Waals surface area contributed by atoms with Crippen molar-refractivity contribution >= 4 is 45.0 Å². The van der Waals surface area contributed by atoms with Crippen molar-refractivity contribution in [1.82, 2.24) is 9.97 Å². The maximum absolute atomic E-state index is 12.4. The van der Waals surface area contributed by atoms with Crippen LogP contribution >= 0.6 is 27.5 Å². The number of rotatable bonds is 5. The number of anilines is 2. The second-order valence-corrected chi connectivity index (χ2v) is 9.60. The Morgan fingerprint density at radius 1 is 1.34 bits per heavy atom. The monoisotopic (exact) mass is 526 g/mol. The molecule has 32 heavy (non-hydrogen) atoms. The zero-order valence-corrected chi connectivity index (χ0v) is 21.2. The van der Waals surface area contributed by atoms with Gasteiger partial charge in [0.05, 0.1) is 30.2 Å². The van der Waals surface area contributed by atoms with Gasteiger partial charge >= 0.3 is 6.09 Å². The van der Waals surface area contributed by atoms with Crippen LogP contribution in [0.1, 0.15) is 45.1 Å². The number of carbonyl (C=O) groups excluding carboxylic acids is 1. The van der Waals surface area contributed by atoms with E-state index in [2.05, 4.69) is 36.1 Å². The number of aryl methyl sites for hydroxylation is 1. The van der Waals surface area contributed by atoms with Crippen LogP contribution in [-0.2, 0) is 9.47 Å². The standard InChI is InChI=1S/C22H28BrClN4O4/c1-13-19(15(12-17(23)26-13)27-21(29)32-22(3,4)5)31-14(2)18-16(6-7-25-20(18)24)28-8-10-30-11-9-28/h6-7,12,14H,8-11H2,1-5H3,(H,26,27,29). The van der Waals surface area contributed by atoms with Crippen LogP contribution in [0.3, 0.4) is 0 Å². The zero-order chi connectivity index (χ0) is 23.5. The molecule has 2 aromatic heterocycles. The highest BCUT2D eigenvalue weighted by atomic mass is 79.9. The third-order valence-corrected chi connectivity index (χ3v) is 5.43. The number of aromatic nitrogens is 2. The van der Waals surface area contributed by atoms with Gasteiger partial charge < -0.3 is 19.1 Å². The number of hydrogen-bond acceptors (Lipinski definition) is 7. The third-order valence-electron chi connectivity index (χ3n) is 4.72. The summed E-state index contributed by atoms with van der Waals surface area (Å²) in [5, 5.41) is 3.13. The lowest BCUT2D eigenvalue weighted by Gasteiger charge is -2.32. The van der Waals surface area contributed by atoms with E-state index in [9.17, 15) is 4.79 Å². The van der Waals surface area contributed by atoms with Crippen molar-refractivity contribution in [3.8, 4) is 5.75 Å². The average Bonchev–Trinajstić information content (AvgIpc) is 2.69. The van der Waals surface area contributed by atoms with Crippen molar-refractivity contribution in [2.75, 3.05) is 36.5 Å². The molecule has 0 aliphatic carbocycles. The van der Waals surface area contributed by atoms with Crippen molar-refractivity contribution in [2.24, 2.45) is 0 Å². The predicted octanol–water partition coefficient (Wildman–Crippen LogP) is 5.52.